The van der Waals surface area contributed by atoms with Crippen molar-refractivity contribution < 1.29 is 32.6 Å². The number of halogens is 4. The lowest BCUT2D eigenvalue weighted by Crippen LogP contribution is -2.45. The summed E-state index contributed by atoms with van der Waals surface area (Å²) >= 11 is 5.75. The number of nitrogens with one attached hydrogen (secondary N) is 2. The first-order valence-electron chi connectivity index (χ1n) is 10.6. The van der Waals surface area contributed by atoms with Crippen molar-refractivity contribution in [1.29, 1.82) is 0 Å². The molecule has 0 bridgehead atoms. The van der Waals surface area contributed by atoms with E-state index >= 15 is 0 Å². The first-order chi connectivity index (χ1) is 16.2. The summed E-state index contributed by atoms with van der Waals surface area (Å²) < 4.78 is 48.1. The maximum atomic E-state index is 14.7. The largest absolute Gasteiger partial charge is 0.426 e. The summed E-state index contributed by atoms with van der Waals surface area (Å²) in [7, 11) is 0. The number of anilines is 1. The molecular formula is C21H23ClF3N5O4. The average Bonchev–Trinajstić information content (AvgIpc) is 2.79. The number of hydrogen-bond acceptors (Lipinski definition) is 8. The van der Waals surface area contributed by atoms with Crippen LogP contribution in [0.5, 0.6) is 0 Å². The molecule has 0 radical (unpaired) electrons. The molecule has 0 spiro atoms. The number of carbonyl (C=O) groups is 1. The van der Waals surface area contributed by atoms with Gasteiger partial charge in [-0.3, -0.25) is 0 Å². The number of aromatic nitrogens is 2. The number of hydroxylamine groups is 2. The number of amides is 1. The second-order valence-corrected chi connectivity index (χ2v) is 8.43. The summed E-state index contributed by atoms with van der Waals surface area (Å²) in [5.41, 5.74) is 0.00819. The Kier molecular flexibility index (Phi) is 7.41. The number of alkyl halides is 2. The van der Waals surface area contributed by atoms with Crippen molar-refractivity contribution in [2.45, 2.75) is 37.4 Å². The highest BCUT2D eigenvalue weighted by Gasteiger charge is 2.43. The molecule has 13 heteroatoms. The third-order valence-corrected chi connectivity index (χ3v) is 5.84. The molecule has 9 nitrogen and oxygen atoms in total. The van der Waals surface area contributed by atoms with Gasteiger partial charge in [0.25, 0.3) is 5.92 Å². The standard InChI is InChI=1S/C21H23ClF3N5O4/c22-15-7-12(1-2-16(15)23)18(10-31)29-20(32)34-30-9-17-14(21(24,25)11-30)8-26-19(28-17)27-13-3-5-33-6-4-13/h1-2,7-8,13,18,31H,3-6,9-11H2,(H,29,32)(H,26,27,28)/t18-/m1/s1. The van der Waals surface area contributed by atoms with E-state index in [1.54, 1.807) is 0 Å². The van der Waals surface area contributed by atoms with Crippen LogP contribution in [0.1, 0.15) is 35.7 Å². The Morgan fingerprint density at radius 2 is 2.15 bits per heavy atom. The Balaban J connectivity index is 1.42. The number of benzene rings is 1. The molecule has 3 heterocycles. The summed E-state index contributed by atoms with van der Waals surface area (Å²) in [5.74, 6) is -3.81. The monoisotopic (exact) mass is 501 g/mol. The molecular weight excluding hydrogens is 479 g/mol. The van der Waals surface area contributed by atoms with Gasteiger partial charge in [0.15, 0.2) is 0 Å². The van der Waals surface area contributed by atoms with Gasteiger partial charge in [0.05, 0.1) is 35.5 Å². The maximum absolute atomic E-state index is 14.7. The van der Waals surface area contributed by atoms with Gasteiger partial charge in [-0.25, -0.2) is 19.2 Å². The Morgan fingerprint density at radius 3 is 2.85 bits per heavy atom. The Hall–Kier alpha value is -2.67. The van der Waals surface area contributed by atoms with E-state index in [9.17, 15) is 23.1 Å². The number of rotatable bonds is 6. The summed E-state index contributed by atoms with van der Waals surface area (Å²) in [6, 6.07) is 2.75. The zero-order valence-electron chi connectivity index (χ0n) is 17.9. The fraction of sp³-hybridized carbons (Fsp3) is 0.476. The van der Waals surface area contributed by atoms with Gasteiger partial charge in [0, 0.05) is 25.5 Å². The van der Waals surface area contributed by atoms with Crippen LogP contribution in [0.25, 0.3) is 0 Å². The predicted octanol–water partition coefficient (Wildman–Crippen LogP) is 3.14. The van der Waals surface area contributed by atoms with Crippen LogP contribution in [0.3, 0.4) is 0 Å². The topological polar surface area (TPSA) is 109 Å². The lowest BCUT2D eigenvalue weighted by molar-refractivity contribution is -0.178. The minimum absolute atomic E-state index is 0.0256. The van der Waals surface area contributed by atoms with Crippen LogP contribution in [-0.4, -0.2) is 58.6 Å². The molecule has 1 amide bonds. The summed E-state index contributed by atoms with van der Waals surface area (Å²) in [5, 5.41) is 15.7. The van der Waals surface area contributed by atoms with E-state index in [0.29, 0.717) is 18.8 Å². The normalized spacial score (nSPS) is 19.2. The summed E-state index contributed by atoms with van der Waals surface area (Å²) in [6.07, 6.45) is 1.50. The van der Waals surface area contributed by atoms with Crippen LogP contribution in [0, 0.1) is 5.82 Å². The van der Waals surface area contributed by atoms with E-state index in [1.165, 1.54) is 12.1 Å². The molecule has 2 aromatic rings. The van der Waals surface area contributed by atoms with Crippen LogP contribution < -0.4 is 10.6 Å². The molecule has 1 aromatic heterocycles. The number of ether oxygens (including phenoxy) is 1. The van der Waals surface area contributed by atoms with Crippen LogP contribution in [-0.2, 0) is 22.0 Å². The third-order valence-electron chi connectivity index (χ3n) is 5.55. The van der Waals surface area contributed by atoms with Gasteiger partial charge in [-0.1, -0.05) is 17.7 Å². The quantitative estimate of drug-likeness (QED) is 0.554. The van der Waals surface area contributed by atoms with Gasteiger partial charge in [-0.05, 0) is 30.5 Å². The SMILES string of the molecule is O=C(N[C@H](CO)c1ccc(F)c(Cl)c1)ON1Cc2nc(NC3CCOCC3)ncc2C(F)(F)C1. The van der Waals surface area contributed by atoms with Crippen molar-refractivity contribution in [1.82, 2.24) is 20.3 Å². The number of carbonyl (C=O) groups excluding carboxylic acids is 1. The van der Waals surface area contributed by atoms with Crippen molar-refractivity contribution in [3.8, 4) is 0 Å². The minimum Gasteiger partial charge on any atom is -0.394 e. The predicted molar refractivity (Wildman–Crippen MR) is 115 cm³/mol. The Bertz CT molecular complexity index is 1040. The van der Waals surface area contributed by atoms with Crippen molar-refractivity contribution >= 4 is 23.6 Å². The highest BCUT2D eigenvalue weighted by molar-refractivity contribution is 6.30. The van der Waals surface area contributed by atoms with Gasteiger partial charge in [-0.2, -0.15) is 8.78 Å². The van der Waals surface area contributed by atoms with Crippen molar-refractivity contribution in [2.24, 2.45) is 0 Å². The van der Waals surface area contributed by atoms with Crippen LogP contribution >= 0.6 is 11.6 Å². The van der Waals surface area contributed by atoms with Gasteiger partial charge in [0.1, 0.15) is 12.4 Å². The second kappa shape index (κ2) is 10.3. The number of hydrogen-bond donors (Lipinski definition) is 3. The van der Waals surface area contributed by atoms with E-state index < -0.39 is 37.0 Å². The van der Waals surface area contributed by atoms with Crippen molar-refractivity contribution in [3.05, 3.63) is 52.1 Å². The van der Waals surface area contributed by atoms with Gasteiger partial charge in [-0.15, -0.1) is 5.06 Å². The lowest BCUT2D eigenvalue weighted by Gasteiger charge is -2.32. The van der Waals surface area contributed by atoms with Gasteiger partial charge >= 0.3 is 6.09 Å². The van der Waals surface area contributed by atoms with Crippen molar-refractivity contribution in [2.75, 3.05) is 31.7 Å². The van der Waals surface area contributed by atoms with E-state index in [-0.39, 0.29) is 34.8 Å². The highest BCUT2D eigenvalue weighted by Crippen LogP contribution is 2.36. The smallest absolute Gasteiger partial charge is 0.394 e. The van der Waals surface area contributed by atoms with E-state index in [0.717, 1.165) is 30.2 Å². The first-order valence-corrected chi connectivity index (χ1v) is 11.0. The fourth-order valence-corrected chi connectivity index (χ4v) is 3.97. The molecule has 2 aliphatic rings. The molecule has 1 atom stereocenters. The molecule has 1 saturated heterocycles. The molecule has 34 heavy (non-hydrogen) atoms. The Morgan fingerprint density at radius 1 is 1.38 bits per heavy atom. The maximum Gasteiger partial charge on any atom is 0.426 e. The highest BCUT2D eigenvalue weighted by atomic mass is 35.5. The molecule has 1 fully saturated rings. The second-order valence-electron chi connectivity index (χ2n) is 8.02. The lowest BCUT2D eigenvalue weighted by atomic mass is 10.0. The molecule has 4 rings (SSSR count). The number of aliphatic hydroxyl groups excluding tert-OH is 1. The zero-order valence-corrected chi connectivity index (χ0v) is 18.7. The third kappa shape index (κ3) is 5.69. The molecule has 3 N–H and O–H groups in total. The minimum atomic E-state index is -3.36. The van der Waals surface area contributed by atoms with E-state index in [2.05, 4.69) is 20.6 Å². The molecule has 0 unspecified atom stereocenters. The van der Waals surface area contributed by atoms with E-state index in [4.69, 9.17) is 21.2 Å². The molecule has 1 aromatic carbocycles. The van der Waals surface area contributed by atoms with Gasteiger partial charge < -0.3 is 25.3 Å². The van der Waals surface area contributed by atoms with Crippen LogP contribution in [0.4, 0.5) is 23.9 Å². The fourth-order valence-electron chi connectivity index (χ4n) is 3.78. The summed E-state index contributed by atoms with van der Waals surface area (Å²) in [6.45, 7) is -0.442. The Labute approximate surface area is 198 Å². The zero-order chi connectivity index (χ0) is 24.3. The number of aliphatic hydroxyl groups is 1. The van der Waals surface area contributed by atoms with E-state index in [1.807, 2.05) is 0 Å². The average molecular weight is 502 g/mol. The van der Waals surface area contributed by atoms with Gasteiger partial charge in [0.2, 0.25) is 5.95 Å². The molecule has 2 aliphatic heterocycles. The first kappa shape index (κ1) is 24.5. The van der Waals surface area contributed by atoms with Crippen molar-refractivity contribution in [3.63, 3.8) is 0 Å². The van der Waals surface area contributed by atoms with Crippen LogP contribution in [0.15, 0.2) is 24.4 Å². The summed E-state index contributed by atoms with van der Waals surface area (Å²) in [4.78, 5) is 25.7. The number of fused-ring (bicyclic) bond motifs is 1. The number of nitrogens with zero attached hydrogens (tertiary/aromatic N) is 3. The van der Waals surface area contributed by atoms with Crippen LogP contribution in [0.2, 0.25) is 5.02 Å². The molecule has 0 aliphatic carbocycles. The molecule has 184 valence electrons. The molecule has 0 saturated carbocycles.